The van der Waals surface area contributed by atoms with Crippen molar-refractivity contribution in [1.29, 1.82) is 0 Å². The fraction of sp³-hybridized carbons (Fsp3) is 0.294. The number of benzene rings is 1. The van der Waals surface area contributed by atoms with Gasteiger partial charge in [-0.15, -0.1) is 11.3 Å². The Morgan fingerprint density at radius 1 is 1.15 bits per heavy atom. The standard InChI is InChI=1S/C17H19NOS/c1-3-14-8-9-15(20-14)11-18-12(2)17-10-13-6-4-5-7-16(13)19-17/h4-10,12,18H,3,11H2,1-2H3. The topological polar surface area (TPSA) is 25.2 Å². The van der Waals surface area contributed by atoms with Crippen molar-refractivity contribution in [2.45, 2.75) is 32.9 Å². The van der Waals surface area contributed by atoms with Crippen molar-refractivity contribution in [2.24, 2.45) is 0 Å². The zero-order valence-electron chi connectivity index (χ0n) is 11.8. The number of rotatable bonds is 5. The van der Waals surface area contributed by atoms with Crippen LogP contribution in [0.3, 0.4) is 0 Å². The molecule has 2 nitrogen and oxygen atoms in total. The fourth-order valence-corrected chi connectivity index (χ4v) is 3.19. The van der Waals surface area contributed by atoms with Gasteiger partial charge >= 0.3 is 0 Å². The molecule has 2 aromatic heterocycles. The SMILES string of the molecule is CCc1ccc(CNC(C)c2cc3ccccc3o2)s1. The minimum absolute atomic E-state index is 0.217. The van der Waals surface area contributed by atoms with E-state index in [0.29, 0.717) is 0 Å². The molecule has 0 saturated carbocycles. The summed E-state index contributed by atoms with van der Waals surface area (Å²) in [5.41, 5.74) is 0.959. The van der Waals surface area contributed by atoms with E-state index >= 15 is 0 Å². The molecule has 0 saturated heterocycles. The van der Waals surface area contributed by atoms with Gasteiger partial charge in [0, 0.05) is 21.7 Å². The highest BCUT2D eigenvalue weighted by Crippen LogP contribution is 2.24. The largest absolute Gasteiger partial charge is 0.459 e. The summed E-state index contributed by atoms with van der Waals surface area (Å²) in [5.74, 6) is 0.999. The molecule has 3 rings (SSSR count). The van der Waals surface area contributed by atoms with Crippen molar-refractivity contribution in [3.8, 4) is 0 Å². The summed E-state index contributed by atoms with van der Waals surface area (Å²) in [6, 6.07) is 14.9. The van der Waals surface area contributed by atoms with Crippen molar-refractivity contribution < 1.29 is 4.42 Å². The molecule has 2 heterocycles. The molecule has 1 N–H and O–H groups in total. The highest BCUT2D eigenvalue weighted by atomic mass is 32.1. The Hall–Kier alpha value is -1.58. The van der Waals surface area contributed by atoms with Crippen LogP contribution in [0.2, 0.25) is 0 Å². The zero-order chi connectivity index (χ0) is 13.9. The summed E-state index contributed by atoms with van der Waals surface area (Å²) < 4.78 is 5.89. The van der Waals surface area contributed by atoms with E-state index < -0.39 is 0 Å². The number of nitrogens with one attached hydrogen (secondary N) is 1. The molecule has 0 fully saturated rings. The minimum Gasteiger partial charge on any atom is -0.459 e. The molecule has 1 aromatic carbocycles. The normalized spacial score (nSPS) is 12.9. The van der Waals surface area contributed by atoms with E-state index in [1.165, 1.54) is 15.1 Å². The lowest BCUT2D eigenvalue weighted by Gasteiger charge is -2.09. The van der Waals surface area contributed by atoms with Gasteiger partial charge in [-0.3, -0.25) is 0 Å². The summed E-state index contributed by atoms with van der Waals surface area (Å²) in [7, 11) is 0. The first-order chi connectivity index (χ1) is 9.76. The van der Waals surface area contributed by atoms with Crippen LogP contribution in [-0.4, -0.2) is 0 Å². The van der Waals surface area contributed by atoms with Crippen LogP contribution >= 0.6 is 11.3 Å². The van der Waals surface area contributed by atoms with Crippen LogP contribution in [0.5, 0.6) is 0 Å². The fourth-order valence-electron chi connectivity index (χ4n) is 2.28. The van der Waals surface area contributed by atoms with Crippen LogP contribution in [0.4, 0.5) is 0 Å². The molecule has 1 atom stereocenters. The van der Waals surface area contributed by atoms with Crippen LogP contribution in [-0.2, 0) is 13.0 Å². The van der Waals surface area contributed by atoms with Crippen LogP contribution in [0, 0.1) is 0 Å². The minimum atomic E-state index is 0.217. The molecule has 3 heteroatoms. The first kappa shape index (κ1) is 13.4. The van der Waals surface area contributed by atoms with Crippen molar-refractivity contribution in [3.05, 3.63) is 58.0 Å². The quantitative estimate of drug-likeness (QED) is 0.720. The second kappa shape index (κ2) is 5.81. The second-order valence-corrected chi connectivity index (χ2v) is 6.26. The van der Waals surface area contributed by atoms with Crippen molar-refractivity contribution in [3.63, 3.8) is 0 Å². The summed E-state index contributed by atoms with van der Waals surface area (Å²) in [4.78, 5) is 2.82. The van der Waals surface area contributed by atoms with Gasteiger partial charge in [0.25, 0.3) is 0 Å². The van der Waals surface area contributed by atoms with Crippen molar-refractivity contribution >= 4 is 22.3 Å². The highest BCUT2D eigenvalue weighted by molar-refractivity contribution is 7.11. The second-order valence-electron chi connectivity index (χ2n) is 5.01. The molecular weight excluding hydrogens is 266 g/mol. The van der Waals surface area contributed by atoms with Gasteiger partial charge in [0.05, 0.1) is 6.04 Å². The summed E-state index contributed by atoms with van der Waals surface area (Å²) in [6.45, 7) is 5.23. The van der Waals surface area contributed by atoms with Gasteiger partial charge in [-0.1, -0.05) is 25.1 Å². The predicted octanol–water partition coefficient (Wildman–Crippen LogP) is 4.91. The highest BCUT2D eigenvalue weighted by Gasteiger charge is 2.11. The van der Waals surface area contributed by atoms with Crippen LogP contribution in [0.1, 0.15) is 35.4 Å². The molecule has 104 valence electrons. The number of hydrogen-bond donors (Lipinski definition) is 1. The summed E-state index contributed by atoms with van der Waals surface area (Å²) in [5, 5.41) is 4.70. The number of hydrogen-bond acceptors (Lipinski definition) is 3. The predicted molar refractivity (Wildman–Crippen MR) is 85.2 cm³/mol. The van der Waals surface area contributed by atoms with E-state index in [1.54, 1.807) is 0 Å². The Morgan fingerprint density at radius 3 is 2.70 bits per heavy atom. The van der Waals surface area contributed by atoms with E-state index in [1.807, 2.05) is 29.5 Å². The average molecular weight is 285 g/mol. The Morgan fingerprint density at radius 2 is 1.95 bits per heavy atom. The summed E-state index contributed by atoms with van der Waals surface area (Å²) in [6.07, 6.45) is 1.11. The molecule has 0 aliphatic rings. The number of furan rings is 1. The molecule has 1 unspecified atom stereocenters. The molecule has 0 spiro atoms. The smallest absolute Gasteiger partial charge is 0.134 e. The van der Waals surface area contributed by atoms with E-state index in [9.17, 15) is 0 Å². The Labute approximate surface area is 123 Å². The van der Waals surface area contributed by atoms with Crippen LogP contribution < -0.4 is 5.32 Å². The monoisotopic (exact) mass is 285 g/mol. The molecular formula is C17H19NOS. The van der Waals surface area contributed by atoms with Gasteiger partial charge in [0.2, 0.25) is 0 Å². The van der Waals surface area contributed by atoms with Gasteiger partial charge in [-0.05, 0) is 37.6 Å². The maximum atomic E-state index is 5.89. The molecule has 3 aromatic rings. The molecule has 0 amide bonds. The molecule has 20 heavy (non-hydrogen) atoms. The third-order valence-corrected chi connectivity index (χ3v) is 4.75. The molecule has 0 bridgehead atoms. The Bertz CT molecular complexity index is 665. The van der Waals surface area contributed by atoms with Crippen molar-refractivity contribution in [1.82, 2.24) is 5.32 Å². The third-order valence-electron chi connectivity index (χ3n) is 3.52. The van der Waals surface area contributed by atoms with E-state index in [2.05, 4.69) is 43.4 Å². The van der Waals surface area contributed by atoms with Gasteiger partial charge in [0.15, 0.2) is 0 Å². The number of aryl methyl sites for hydroxylation is 1. The lowest BCUT2D eigenvalue weighted by molar-refractivity contribution is 0.452. The zero-order valence-corrected chi connectivity index (χ0v) is 12.7. The first-order valence-electron chi connectivity index (χ1n) is 7.05. The van der Waals surface area contributed by atoms with Gasteiger partial charge in [-0.2, -0.15) is 0 Å². The number of para-hydroxylation sites is 1. The maximum Gasteiger partial charge on any atom is 0.134 e. The lowest BCUT2D eigenvalue weighted by Crippen LogP contribution is -2.16. The van der Waals surface area contributed by atoms with Gasteiger partial charge < -0.3 is 9.73 Å². The van der Waals surface area contributed by atoms with Crippen molar-refractivity contribution in [2.75, 3.05) is 0 Å². The molecule has 0 radical (unpaired) electrons. The number of thiophene rings is 1. The molecule has 0 aliphatic heterocycles. The van der Waals surface area contributed by atoms with Crippen LogP contribution in [0.15, 0.2) is 46.9 Å². The van der Waals surface area contributed by atoms with E-state index in [-0.39, 0.29) is 6.04 Å². The average Bonchev–Trinajstić information content (AvgIpc) is 3.10. The summed E-state index contributed by atoms with van der Waals surface area (Å²) >= 11 is 1.88. The first-order valence-corrected chi connectivity index (χ1v) is 7.87. The third kappa shape index (κ3) is 2.79. The van der Waals surface area contributed by atoms with Crippen LogP contribution in [0.25, 0.3) is 11.0 Å². The van der Waals surface area contributed by atoms with E-state index in [4.69, 9.17) is 4.42 Å². The van der Waals surface area contributed by atoms with Gasteiger partial charge in [0.1, 0.15) is 11.3 Å². The van der Waals surface area contributed by atoms with E-state index in [0.717, 1.165) is 24.3 Å². The Balaban J connectivity index is 1.67. The maximum absolute atomic E-state index is 5.89. The Kier molecular flexibility index (Phi) is 3.90. The molecule has 0 aliphatic carbocycles. The van der Waals surface area contributed by atoms with Gasteiger partial charge in [-0.25, -0.2) is 0 Å². The lowest BCUT2D eigenvalue weighted by atomic mass is 10.2. The number of fused-ring (bicyclic) bond motifs is 1.